The Bertz CT molecular complexity index is 1080. The van der Waals surface area contributed by atoms with E-state index in [1.165, 1.54) is 22.3 Å². The van der Waals surface area contributed by atoms with Crippen LogP contribution in [-0.4, -0.2) is 47.0 Å². The molecule has 2 heterocycles. The molecule has 6 aliphatic rings. The monoisotopic (exact) mass is 478 g/mol. The van der Waals surface area contributed by atoms with Gasteiger partial charge in [0.25, 0.3) is 0 Å². The molecule has 5 heteroatoms. The van der Waals surface area contributed by atoms with Crippen LogP contribution in [0.4, 0.5) is 0 Å². The first-order valence-electron chi connectivity index (χ1n) is 13.6. The first-order valence-corrected chi connectivity index (χ1v) is 13.6. The molecule has 5 fully saturated rings. The third-order valence-corrected chi connectivity index (χ3v) is 11.0. The highest BCUT2D eigenvalue weighted by atomic mass is 16.7. The smallest absolute Gasteiger partial charge is 0.171 e. The van der Waals surface area contributed by atoms with Gasteiger partial charge in [0.2, 0.25) is 0 Å². The second-order valence-corrected chi connectivity index (χ2v) is 12.3. The molecule has 0 amide bonds. The van der Waals surface area contributed by atoms with E-state index in [4.69, 9.17) is 14.2 Å². The Balaban J connectivity index is 1.37. The highest BCUT2D eigenvalue weighted by molar-refractivity contribution is 5.46. The minimum absolute atomic E-state index is 0.0148. The summed E-state index contributed by atoms with van der Waals surface area (Å²) in [5.41, 5.74) is 4.18. The molecular formula is C30H38O5. The summed E-state index contributed by atoms with van der Waals surface area (Å²) < 4.78 is 18.7. The molecule has 0 aromatic heterocycles. The van der Waals surface area contributed by atoms with Gasteiger partial charge < -0.3 is 24.4 Å². The Kier molecular flexibility index (Phi) is 4.79. The van der Waals surface area contributed by atoms with E-state index >= 15 is 0 Å². The van der Waals surface area contributed by atoms with Crippen LogP contribution in [0.5, 0.6) is 5.75 Å². The number of hydrogen-bond acceptors (Lipinski definition) is 5. The van der Waals surface area contributed by atoms with E-state index < -0.39 is 11.4 Å². The first kappa shape index (κ1) is 22.5. The van der Waals surface area contributed by atoms with Crippen molar-refractivity contribution in [2.24, 2.45) is 17.3 Å². The molecular weight excluding hydrogens is 440 g/mol. The van der Waals surface area contributed by atoms with Gasteiger partial charge in [-0.3, -0.25) is 0 Å². The Labute approximate surface area is 208 Å². The zero-order chi connectivity index (χ0) is 24.1. The molecule has 7 rings (SSSR count). The molecule has 0 unspecified atom stereocenters. The maximum atomic E-state index is 12.1. The van der Waals surface area contributed by atoms with E-state index in [0.29, 0.717) is 37.2 Å². The average molecular weight is 479 g/mol. The van der Waals surface area contributed by atoms with Crippen LogP contribution in [0.1, 0.15) is 76.2 Å². The SMILES string of the molecule is C=C1CCO[C@]12CC[C@H]1[C@@H]3CC[C@@]4(O)CC5(CCC4=C3[C@@H](c3ccc(O)cc3)C[C@@]12C)OCCO5. The van der Waals surface area contributed by atoms with Gasteiger partial charge in [0.15, 0.2) is 5.79 Å². The van der Waals surface area contributed by atoms with Crippen LogP contribution < -0.4 is 0 Å². The summed E-state index contributed by atoms with van der Waals surface area (Å²) in [6, 6.07) is 7.79. The van der Waals surface area contributed by atoms with E-state index in [1.54, 1.807) is 0 Å². The second-order valence-electron chi connectivity index (χ2n) is 12.3. The van der Waals surface area contributed by atoms with Gasteiger partial charge in [-0.15, -0.1) is 0 Å². The van der Waals surface area contributed by atoms with Crippen LogP contribution in [0.2, 0.25) is 0 Å². The molecule has 2 saturated heterocycles. The number of aromatic hydroxyl groups is 1. The van der Waals surface area contributed by atoms with E-state index in [9.17, 15) is 10.2 Å². The molecule has 188 valence electrons. The van der Waals surface area contributed by atoms with Crippen molar-refractivity contribution in [1.29, 1.82) is 0 Å². The summed E-state index contributed by atoms with van der Waals surface area (Å²) in [5.74, 6) is 0.861. The highest BCUT2D eigenvalue weighted by Crippen LogP contribution is 2.70. The van der Waals surface area contributed by atoms with Crippen molar-refractivity contribution in [2.45, 2.75) is 87.6 Å². The lowest BCUT2D eigenvalue weighted by Gasteiger charge is -2.58. The molecule has 1 aromatic carbocycles. The topological polar surface area (TPSA) is 68.2 Å². The Morgan fingerprint density at radius 2 is 1.71 bits per heavy atom. The molecule has 35 heavy (non-hydrogen) atoms. The zero-order valence-electron chi connectivity index (χ0n) is 20.9. The molecule has 2 N–H and O–H groups in total. The van der Waals surface area contributed by atoms with Crippen LogP contribution in [0.25, 0.3) is 0 Å². The first-order chi connectivity index (χ1) is 16.8. The van der Waals surface area contributed by atoms with Gasteiger partial charge in [0.1, 0.15) is 5.75 Å². The van der Waals surface area contributed by atoms with Crippen LogP contribution in [0, 0.1) is 17.3 Å². The molecule has 0 radical (unpaired) electrons. The fourth-order valence-electron chi connectivity index (χ4n) is 9.48. The van der Waals surface area contributed by atoms with E-state index in [-0.39, 0.29) is 16.9 Å². The lowest BCUT2D eigenvalue weighted by molar-refractivity contribution is -0.208. The maximum Gasteiger partial charge on any atom is 0.171 e. The number of allylic oxidation sites excluding steroid dienone is 1. The van der Waals surface area contributed by atoms with E-state index in [0.717, 1.165) is 58.0 Å². The Hall–Kier alpha value is -1.66. The molecule has 5 nitrogen and oxygen atoms in total. The van der Waals surface area contributed by atoms with Crippen molar-refractivity contribution >= 4 is 0 Å². The van der Waals surface area contributed by atoms with Gasteiger partial charge in [0.05, 0.1) is 31.0 Å². The molecule has 2 aliphatic heterocycles. The molecule has 6 atom stereocenters. The predicted octanol–water partition coefficient (Wildman–Crippen LogP) is 5.38. The largest absolute Gasteiger partial charge is 0.508 e. The Morgan fingerprint density at radius 3 is 2.43 bits per heavy atom. The summed E-state index contributed by atoms with van der Waals surface area (Å²) in [6.07, 6.45) is 8.12. The number of phenols is 1. The number of rotatable bonds is 1. The van der Waals surface area contributed by atoms with Crippen LogP contribution >= 0.6 is 0 Å². The van der Waals surface area contributed by atoms with Crippen LogP contribution in [-0.2, 0) is 14.2 Å². The van der Waals surface area contributed by atoms with Crippen molar-refractivity contribution in [1.82, 2.24) is 0 Å². The second kappa shape index (κ2) is 7.44. The normalized spacial score (nSPS) is 44.1. The third-order valence-electron chi connectivity index (χ3n) is 11.0. The fraction of sp³-hybridized carbons (Fsp3) is 0.667. The molecule has 3 saturated carbocycles. The summed E-state index contributed by atoms with van der Waals surface area (Å²) in [4.78, 5) is 0. The average Bonchev–Trinajstić information content (AvgIpc) is 3.52. The minimum Gasteiger partial charge on any atom is -0.508 e. The van der Waals surface area contributed by atoms with Crippen LogP contribution in [0.15, 0.2) is 47.6 Å². The lowest BCUT2D eigenvalue weighted by atomic mass is 9.49. The van der Waals surface area contributed by atoms with E-state index in [2.05, 4.69) is 25.6 Å². The van der Waals surface area contributed by atoms with Crippen molar-refractivity contribution in [3.8, 4) is 5.75 Å². The molecule has 1 aromatic rings. The van der Waals surface area contributed by atoms with Gasteiger partial charge in [-0.2, -0.15) is 0 Å². The highest BCUT2D eigenvalue weighted by Gasteiger charge is 2.67. The van der Waals surface area contributed by atoms with Crippen molar-refractivity contribution < 1.29 is 24.4 Å². The minimum atomic E-state index is -0.860. The van der Waals surface area contributed by atoms with Gasteiger partial charge in [0, 0.05) is 24.2 Å². The number of phenolic OH excluding ortho intramolecular Hbond substituents is 1. The fourth-order valence-corrected chi connectivity index (χ4v) is 9.48. The van der Waals surface area contributed by atoms with Gasteiger partial charge in [-0.25, -0.2) is 0 Å². The standard InChI is InChI=1S/C30H38O5/c1-19-10-14-35-30(19)13-9-24-22-7-11-28(32)18-29(33-15-16-34-29)12-8-25(28)26(22)23(17-27(24,30)2)20-3-5-21(31)6-4-20/h3-6,22-24,31-32H,1,7-18H2,2H3/t22-,23+,24-,27-,28+,30+/m0/s1. The molecule has 0 bridgehead atoms. The van der Waals surface area contributed by atoms with Crippen molar-refractivity contribution in [3.05, 3.63) is 53.1 Å². The summed E-state index contributed by atoms with van der Waals surface area (Å²) in [7, 11) is 0. The summed E-state index contributed by atoms with van der Waals surface area (Å²) in [5, 5.41) is 22.1. The van der Waals surface area contributed by atoms with Crippen molar-refractivity contribution in [3.63, 3.8) is 0 Å². The molecule has 4 aliphatic carbocycles. The quantitative estimate of drug-likeness (QED) is 0.531. The number of aliphatic hydroxyl groups is 1. The summed E-state index contributed by atoms with van der Waals surface area (Å²) in [6.45, 7) is 9.00. The Morgan fingerprint density at radius 1 is 0.943 bits per heavy atom. The maximum absolute atomic E-state index is 12.1. The third kappa shape index (κ3) is 2.96. The van der Waals surface area contributed by atoms with Crippen molar-refractivity contribution in [2.75, 3.05) is 19.8 Å². The summed E-state index contributed by atoms with van der Waals surface area (Å²) >= 11 is 0. The van der Waals surface area contributed by atoms with Gasteiger partial charge in [-0.05, 0) is 85.6 Å². The van der Waals surface area contributed by atoms with Gasteiger partial charge >= 0.3 is 0 Å². The lowest BCUT2D eigenvalue weighted by Crippen LogP contribution is -2.55. The number of ether oxygens (including phenoxy) is 3. The molecule has 2 spiro atoms. The van der Waals surface area contributed by atoms with E-state index in [1.807, 2.05) is 12.1 Å². The number of fused-ring (bicyclic) bond motifs is 5. The number of hydrogen-bond donors (Lipinski definition) is 2. The number of benzene rings is 1. The van der Waals surface area contributed by atoms with Crippen LogP contribution in [0.3, 0.4) is 0 Å². The predicted molar refractivity (Wildman–Crippen MR) is 132 cm³/mol. The van der Waals surface area contributed by atoms with Gasteiger partial charge in [-0.1, -0.05) is 31.2 Å². The zero-order valence-corrected chi connectivity index (χ0v) is 20.9.